The van der Waals surface area contributed by atoms with Crippen molar-refractivity contribution >= 4 is 16.9 Å². The molecule has 0 saturated carbocycles. The van der Waals surface area contributed by atoms with Gasteiger partial charge < -0.3 is 14.2 Å². The average molecular weight is 386 g/mol. The molecule has 0 N–H and O–H groups in total. The van der Waals surface area contributed by atoms with Crippen molar-refractivity contribution in [1.82, 2.24) is 19.4 Å². The highest BCUT2D eigenvalue weighted by atomic mass is 16.5. The maximum atomic E-state index is 12.7. The fourth-order valence-electron chi connectivity index (χ4n) is 3.24. The number of amides is 1. The number of ether oxygens (including phenoxy) is 1. The highest BCUT2D eigenvalue weighted by molar-refractivity contribution is 5.92. The number of imidazole rings is 1. The molecule has 2 heterocycles. The van der Waals surface area contributed by atoms with Gasteiger partial charge in [-0.1, -0.05) is 36.4 Å². The number of para-hydroxylation sites is 3. The summed E-state index contributed by atoms with van der Waals surface area (Å²) in [5.41, 5.74) is 2.35. The quantitative estimate of drug-likeness (QED) is 0.485. The first-order valence-electron chi connectivity index (χ1n) is 9.51. The maximum Gasteiger partial charge on any atom is 0.272 e. The van der Waals surface area contributed by atoms with Crippen molar-refractivity contribution < 1.29 is 9.53 Å². The molecule has 0 spiro atoms. The monoisotopic (exact) mass is 386 g/mol. The van der Waals surface area contributed by atoms with Crippen LogP contribution in [-0.2, 0) is 13.1 Å². The van der Waals surface area contributed by atoms with Crippen LogP contribution in [0.25, 0.3) is 11.0 Å². The first-order chi connectivity index (χ1) is 14.2. The molecule has 6 heteroatoms. The SMILES string of the molecule is CN(Cc1nc2ccccc2n1CCOc1ccccc1)C(=O)c1ccccn1. The number of carbonyl (C=O) groups excluding carboxylic acids is 1. The van der Waals surface area contributed by atoms with E-state index in [0.717, 1.165) is 22.6 Å². The van der Waals surface area contributed by atoms with Crippen LogP contribution in [0.2, 0.25) is 0 Å². The Morgan fingerprint density at radius 2 is 1.76 bits per heavy atom. The van der Waals surface area contributed by atoms with E-state index in [1.54, 1.807) is 30.3 Å². The molecule has 4 rings (SSSR count). The second-order valence-corrected chi connectivity index (χ2v) is 6.71. The predicted molar refractivity (Wildman–Crippen MR) is 112 cm³/mol. The summed E-state index contributed by atoms with van der Waals surface area (Å²) in [6, 6.07) is 23.0. The summed E-state index contributed by atoms with van der Waals surface area (Å²) in [6.45, 7) is 1.53. The van der Waals surface area contributed by atoms with Crippen LogP contribution in [0.3, 0.4) is 0 Å². The Bertz CT molecular complexity index is 1090. The number of fused-ring (bicyclic) bond motifs is 1. The lowest BCUT2D eigenvalue weighted by Gasteiger charge is -2.18. The lowest BCUT2D eigenvalue weighted by molar-refractivity contribution is 0.0774. The van der Waals surface area contributed by atoms with E-state index >= 15 is 0 Å². The zero-order chi connectivity index (χ0) is 20.1. The van der Waals surface area contributed by atoms with Crippen LogP contribution in [0, 0.1) is 0 Å². The van der Waals surface area contributed by atoms with Crippen LogP contribution in [0.5, 0.6) is 5.75 Å². The zero-order valence-corrected chi connectivity index (χ0v) is 16.2. The molecule has 6 nitrogen and oxygen atoms in total. The van der Waals surface area contributed by atoms with E-state index in [0.29, 0.717) is 25.4 Å². The highest BCUT2D eigenvalue weighted by Gasteiger charge is 2.17. The molecule has 0 saturated heterocycles. The Morgan fingerprint density at radius 3 is 2.55 bits per heavy atom. The molecule has 2 aromatic heterocycles. The molecule has 0 aliphatic carbocycles. The van der Waals surface area contributed by atoms with Gasteiger partial charge in [0.05, 0.1) is 24.1 Å². The standard InChI is InChI=1S/C23H22N4O2/c1-26(23(28)20-12-7-8-14-24-20)17-22-25-19-11-5-6-13-21(19)27(22)15-16-29-18-9-3-2-4-10-18/h2-14H,15-17H2,1H3. The molecule has 29 heavy (non-hydrogen) atoms. The van der Waals surface area contributed by atoms with E-state index in [4.69, 9.17) is 9.72 Å². The van der Waals surface area contributed by atoms with Crippen molar-refractivity contribution in [1.29, 1.82) is 0 Å². The second-order valence-electron chi connectivity index (χ2n) is 6.71. The van der Waals surface area contributed by atoms with Crippen molar-refractivity contribution in [3.05, 3.63) is 90.5 Å². The largest absolute Gasteiger partial charge is 0.492 e. The van der Waals surface area contributed by atoms with Crippen molar-refractivity contribution in [2.24, 2.45) is 0 Å². The predicted octanol–water partition coefficient (Wildman–Crippen LogP) is 3.78. The van der Waals surface area contributed by atoms with Crippen LogP contribution >= 0.6 is 0 Å². The lowest BCUT2D eigenvalue weighted by atomic mass is 10.3. The minimum absolute atomic E-state index is 0.134. The minimum Gasteiger partial charge on any atom is -0.492 e. The van der Waals surface area contributed by atoms with Crippen molar-refractivity contribution in [3.63, 3.8) is 0 Å². The fourth-order valence-corrected chi connectivity index (χ4v) is 3.24. The number of benzene rings is 2. The smallest absolute Gasteiger partial charge is 0.272 e. The molecule has 0 bridgehead atoms. The molecular formula is C23H22N4O2. The van der Waals surface area contributed by atoms with Crippen LogP contribution in [0.1, 0.15) is 16.3 Å². The number of carbonyl (C=O) groups is 1. The van der Waals surface area contributed by atoms with E-state index in [9.17, 15) is 4.79 Å². The van der Waals surface area contributed by atoms with E-state index in [2.05, 4.69) is 9.55 Å². The van der Waals surface area contributed by atoms with Gasteiger partial charge in [-0.05, 0) is 36.4 Å². The first kappa shape index (κ1) is 18.7. The molecular weight excluding hydrogens is 364 g/mol. The average Bonchev–Trinajstić information content (AvgIpc) is 3.11. The van der Waals surface area contributed by atoms with E-state index in [-0.39, 0.29) is 5.91 Å². The summed E-state index contributed by atoms with van der Waals surface area (Å²) in [5.74, 6) is 1.51. The van der Waals surface area contributed by atoms with Crippen molar-refractivity contribution in [2.75, 3.05) is 13.7 Å². The molecule has 2 aromatic carbocycles. The molecule has 1 amide bonds. The molecule has 0 unspecified atom stereocenters. The number of aromatic nitrogens is 3. The number of hydrogen-bond donors (Lipinski definition) is 0. The normalized spacial score (nSPS) is 10.8. The van der Waals surface area contributed by atoms with Gasteiger partial charge in [0, 0.05) is 13.2 Å². The summed E-state index contributed by atoms with van der Waals surface area (Å²) < 4.78 is 7.98. The Labute approximate surface area is 169 Å². The molecule has 0 aliphatic heterocycles. The zero-order valence-electron chi connectivity index (χ0n) is 16.2. The Morgan fingerprint density at radius 1 is 1.00 bits per heavy atom. The van der Waals surface area contributed by atoms with Crippen LogP contribution in [0.15, 0.2) is 79.0 Å². The second kappa shape index (κ2) is 8.56. The summed E-state index contributed by atoms with van der Waals surface area (Å²) in [4.78, 5) is 23.2. The third kappa shape index (κ3) is 4.27. The van der Waals surface area contributed by atoms with Crippen molar-refractivity contribution in [2.45, 2.75) is 13.1 Å². The van der Waals surface area contributed by atoms with Crippen LogP contribution in [0.4, 0.5) is 0 Å². The molecule has 0 radical (unpaired) electrons. The summed E-state index contributed by atoms with van der Waals surface area (Å²) in [5, 5.41) is 0. The molecule has 0 atom stereocenters. The Balaban J connectivity index is 1.53. The summed E-state index contributed by atoms with van der Waals surface area (Å²) in [7, 11) is 1.77. The van der Waals surface area contributed by atoms with E-state index < -0.39 is 0 Å². The number of rotatable bonds is 7. The minimum atomic E-state index is -0.134. The Hall–Kier alpha value is -3.67. The third-order valence-electron chi connectivity index (χ3n) is 4.67. The molecule has 146 valence electrons. The van der Waals surface area contributed by atoms with Gasteiger partial charge in [0.25, 0.3) is 5.91 Å². The van der Waals surface area contributed by atoms with Gasteiger partial charge in [0.2, 0.25) is 0 Å². The fraction of sp³-hybridized carbons (Fsp3) is 0.174. The third-order valence-corrected chi connectivity index (χ3v) is 4.67. The number of nitrogens with zero attached hydrogens (tertiary/aromatic N) is 4. The van der Waals surface area contributed by atoms with Gasteiger partial charge in [-0.3, -0.25) is 9.78 Å². The molecule has 0 fully saturated rings. The van der Waals surface area contributed by atoms with E-state index in [1.807, 2.05) is 60.7 Å². The molecule has 0 aliphatic rings. The summed E-state index contributed by atoms with van der Waals surface area (Å²) in [6.07, 6.45) is 1.62. The maximum absolute atomic E-state index is 12.7. The number of hydrogen-bond acceptors (Lipinski definition) is 4. The summed E-state index contributed by atoms with van der Waals surface area (Å²) >= 11 is 0. The molecule has 4 aromatic rings. The van der Waals surface area contributed by atoms with Gasteiger partial charge in [-0.25, -0.2) is 4.98 Å². The van der Waals surface area contributed by atoms with Gasteiger partial charge >= 0.3 is 0 Å². The number of pyridine rings is 1. The van der Waals surface area contributed by atoms with Gasteiger partial charge in [0.15, 0.2) is 0 Å². The Kier molecular flexibility index (Phi) is 5.52. The van der Waals surface area contributed by atoms with E-state index in [1.165, 1.54) is 0 Å². The van der Waals surface area contributed by atoms with Crippen molar-refractivity contribution in [3.8, 4) is 5.75 Å². The topological polar surface area (TPSA) is 60.2 Å². The first-order valence-corrected chi connectivity index (χ1v) is 9.51. The highest BCUT2D eigenvalue weighted by Crippen LogP contribution is 2.18. The van der Waals surface area contributed by atoms with Crippen LogP contribution < -0.4 is 4.74 Å². The van der Waals surface area contributed by atoms with Gasteiger partial charge in [0.1, 0.15) is 23.9 Å². The lowest BCUT2D eigenvalue weighted by Crippen LogP contribution is -2.28. The van der Waals surface area contributed by atoms with Gasteiger partial charge in [-0.2, -0.15) is 0 Å². The van der Waals surface area contributed by atoms with Gasteiger partial charge in [-0.15, -0.1) is 0 Å². The van der Waals surface area contributed by atoms with Crippen LogP contribution in [-0.4, -0.2) is 39.0 Å².